The summed E-state index contributed by atoms with van der Waals surface area (Å²) >= 11 is 0. The molecule has 1 aromatic rings. The Balaban J connectivity index is 0.000000810. The van der Waals surface area contributed by atoms with Crippen LogP contribution in [0.1, 0.15) is 0 Å². The summed E-state index contributed by atoms with van der Waals surface area (Å²) in [5.41, 5.74) is 11.9. The first-order valence-corrected chi connectivity index (χ1v) is 2.57. The Morgan fingerprint density at radius 1 is 1.40 bits per heavy atom. The lowest BCUT2D eigenvalue weighted by Gasteiger charge is -1.91. The van der Waals surface area contributed by atoms with Gasteiger partial charge in [-0.25, -0.2) is 0 Å². The van der Waals surface area contributed by atoms with Crippen molar-refractivity contribution in [3.05, 3.63) is 12.4 Å². The fraction of sp³-hybridized carbons (Fsp3) is 0.200. The molecule has 5 heteroatoms. The van der Waals surface area contributed by atoms with Gasteiger partial charge >= 0.3 is 0 Å². The van der Waals surface area contributed by atoms with Gasteiger partial charge in [-0.15, -0.1) is 0 Å². The van der Waals surface area contributed by atoms with E-state index in [2.05, 4.69) is 5.10 Å². The van der Waals surface area contributed by atoms with E-state index in [1.807, 2.05) is 0 Å². The predicted molar refractivity (Wildman–Crippen MR) is 34.2 cm³/mol. The van der Waals surface area contributed by atoms with Crippen molar-refractivity contribution in [2.45, 2.75) is 0 Å². The highest BCUT2D eigenvalue weighted by atomic mass is 127. The van der Waals surface area contributed by atoms with Gasteiger partial charge in [0.15, 0.2) is 7.05 Å². The Kier molecular flexibility index (Phi) is 3.34. The number of nitrogens with two attached hydrogens (primary N) is 2. The SMILES string of the molecule is C[n+]1cc(N)c(N)cn1.[I-]. The summed E-state index contributed by atoms with van der Waals surface area (Å²) < 4.78 is 1.60. The molecule has 4 N–H and O–H groups in total. The fourth-order valence-corrected chi connectivity index (χ4v) is 0.537. The highest BCUT2D eigenvalue weighted by Crippen LogP contribution is 2.05. The van der Waals surface area contributed by atoms with Crippen LogP contribution in [0.3, 0.4) is 0 Å². The Bertz CT molecular complexity index is 225. The molecule has 56 valence electrons. The van der Waals surface area contributed by atoms with E-state index in [0.29, 0.717) is 11.4 Å². The number of hydrogen-bond acceptors (Lipinski definition) is 3. The maximum Gasteiger partial charge on any atom is 0.220 e. The number of halogens is 1. The van der Waals surface area contributed by atoms with Crippen molar-refractivity contribution in [3.8, 4) is 0 Å². The smallest absolute Gasteiger partial charge is 0.220 e. The van der Waals surface area contributed by atoms with Crippen LogP contribution in [0, 0.1) is 0 Å². The number of rotatable bonds is 0. The van der Waals surface area contributed by atoms with Crippen molar-refractivity contribution < 1.29 is 28.7 Å². The lowest BCUT2D eigenvalue weighted by molar-refractivity contribution is -0.730. The van der Waals surface area contributed by atoms with Crippen LogP contribution in [0.4, 0.5) is 11.4 Å². The molecular weight excluding hydrogens is 243 g/mol. The number of aromatic nitrogens is 2. The van der Waals surface area contributed by atoms with Crippen molar-refractivity contribution in [3.63, 3.8) is 0 Å². The summed E-state index contributed by atoms with van der Waals surface area (Å²) in [7, 11) is 1.79. The molecule has 0 fully saturated rings. The minimum atomic E-state index is 0. The molecule has 0 aliphatic rings. The molecule has 0 amide bonds. The van der Waals surface area contributed by atoms with Crippen LogP contribution < -0.4 is 40.1 Å². The van der Waals surface area contributed by atoms with Gasteiger partial charge < -0.3 is 35.4 Å². The average molecular weight is 252 g/mol. The van der Waals surface area contributed by atoms with E-state index in [9.17, 15) is 0 Å². The van der Waals surface area contributed by atoms with E-state index in [4.69, 9.17) is 11.5 Å². The Morgan fingerprint density at radius 3 is 2.40 bits per heavy atom. The lowest BCUT2D eigenvalue weighted by Crippen LogP contribution is -3.00. The number of nitrogens with zero attached hydrogens (tertiary/aromatic N) is 2. The van der Waals surface area contributed by atoms with E-state index in [1.54, 1.807) is 17.9 Å². The molecule has 10 heavy (non-hydrogen) atoms. The quantitative estimate of drug-likeness (QED) is 0.366. The first kappa shape index (κ1) is 9.41. The van der Waals surface area contributed by atoms with Gasteiger partial charge in [0.05, 0.1) is 5.69 Å². The normalized spacial score (nSPS) is 8.50. The van der Waals surface area contributed by atoms with Gasteiger partial charge in [0.2, 0.25) is 6.20 Å². The van der Waals surface area contributed by atoms with Gasteiger partial charge in [-0.3, -0.25) is 0 Å². The summed E-state index contributed by atoms with van der Waals surface area (Å²) in [4.78, 5) is 0. The zero-order valence-corrected chi connectivity index (χ0v) is 7.74. The summed E-state index contributed by atoms with van der Waals surface area (Å²) in [5.74, 6) is 0. The first-order chi connectivity index (χ1) is 4.20. The topological polar surface area (TPSA) is 68.8 Å². The van der Waals surface area contributed by atoms with E-state index in [0.717, 1.165) is 0 Å². The molecule has 0 atom stereocenters. The Labute approximate surface area is 76.2 Å². The first-order valence-electron chi connectivity index (χ1n) is 2.57. The third kappa shape index (κ3) is 1.98. The fourth-order valence-electron chi connectivity index (χ4n) is 0.537. The lowest BCUT2D eigenvalue weighted by atomic mass is 10.4. The van der Waals surface area contributed by atoms with Crippen molar-refractivity contribution >= 4 is 11.4 Å². The Morgan fingerprint density at radius 2 is 2.00 bits per heavy atom. The third-order valence-corrected chi connectivity index (χ3v) is 1.04. The molecule has 1 rings (SSSR count). The minimum absolute atomic E-state index is 0. The summed E-state index contributed by atoms with van der Waals surface area (Å²) in [6, 6.07) is 0. The van der Waals surface area contributed by atoms with Crippen LogP contribution >= 0.6 is 0 Å². The van der Waals surface area contributed by atoms with Crippen LogP contribution in [0.5, 0.6) is 0 Å². The molecule has 0 saturated heterocycles. The van der Waals surface area contributed by atoms with Crippen molar-refractivity contribution in [1.29, 1.82) is 0 Å². The highest BCUT2D eigenvalue weighted by Gasteiger charge is 1.98. The average Bonchev–Trinajstić information content (AvgIpc) is 1.80. The van der Waals surface area contributed by atoms with E-state index in [-0.39, 0.29) is 24.0 Å². The zero-order chi connectivity index (χ0) is 6.85. The van der Waals surface area contributed by atoms with Gasteiger partial charge in [0.25, 0.3) is 0 Å². The molecule has 0 aliphatic heterocycles. The predicted octanol–water partition coefficient (Wildman–Crippen LogP) is -3.93. The van der Waals surface area contributed by atoms with Crippen LogP contribution in [-0.4, -0.2) is 5.10 Å². The number of hydrogen-bond donors (Lipinski definition) is 2. The molecule has 0 aliphatic carbocycles. The zero-order valence-electron chi connectivity index (χ0n) is 5.58. The van der Waals surface area contributed by atoms with Gasteiger partial charge in [0, 0.05) is 0 Å². The van der Waals surface area contributed by atoms with Crippen molar-refractivity contribution in [2.24, 2.45) is 7.05 Å². The summed E-state index contributed by atoms with van der Waals surface area (Å²) in [6.45, 7) is 0. The second-order valence-corrected chi connectivity index (χ2v) is 1.86. The molecule has 0 spiro atoms. The monoisotopic (exact) mass is 252 g/mol. The summed E-state index contributed by atoms with van der Waals surface area (Å²) in [5, 5.41) is 3.85. The van der Waals surface area contributed by atoms with E-state index in [1.165, 1.54) is 6.20 Å². The molecule has 0 unspecified atom stereocenters. The Hall–Kier alpha value is -0.590. The van der Waals surface area contributed by atoms with Crippen LogP contribution in [0.25, 0.3) is 0 Å². The molecular formula is C5H9IN4. The maximum absolute atomic E-state index is 5.43. The molecule has 0 bridgehead atoms. The van der Waals surface area contributed by atoms with Gasteiger partial charge in [0.1, 0.15) is 11.9 Å². The minimum Gasteiger partial charge on any atom is -1.00 e. The second-order valence-electron chi connectivity index (χ2n) is 1.86. The number of anilines is 2. The van der Waals surface area contributed by atoms with E-state index >= 15 is 0 Å². The number of aryl methyl sites for hydroxylation is 1. The van der Waals surface area contributed by atoms with Crippen molar-refractivity contribution in [1.82, 2.24) is 5.10 Å². The van der Waals surface area contributed by atoms with Gasteiger partial charge in [-0.1, -0.05) is 4.68 Å². The largest absolute Gasteiger partial charge is 1.00 e. The van der Waals surface area contributed by atoms with Crippen LogP contribution in [-0.2, 0) is 7.05 Å². The van der Waals surface area contributed by atoms with E-state index < -0.39 is 0 Å². The second kappa shape index (κ2) is 3.55. The van der Waals surface area contributed by atoms with Gasteiger partial charge in [-0.05, 0) is 5.10 Å². The maximum atomic E-state index is 5.43. The van der Waals surface area contributed by atoms with Crippen LogP contribution in [0.2, 0.25) is 0 Å². The third-order valence-electron chi connectivity index (χ3n) is 1.04. The number of nitrogen functional groups attached to an aromatic ring is 2. The molecule has 4 nitrogen and oxygen atoms in total. The summed E-state index contributed by atoms with van der Waals surface area (Å²) in [6.07, 6.45) is 3.19. The molecule has 0 aromatic carbocycles. The molecule has 0 radical (unpaired) electrons. The van der Waals surface area contributed by atoms with Gasteiger partial charge in [-0.2, -0.15) is 0 Å². The molecule has 1 aromatic heterocycles. The van der Waals surface area contributed by atoms with Crippen LogP contribution in [0.15, 0.2) is 12.4 Å². The van der Waals surface area contributed by atoms with Crippen molar-refractivity contribution in [2.75, 3.05) is 11.5 Å². The highest BCUT2D eigenvalue weighted by molar-refractivity contribution is 5.58. The standard InChI is InChI=1S/C5H8N4.HI/c1-9-3-5(7)4(6)2-8-9;/h2-3,6H,7H2,1H3;1H. The molecule has 1 heterocycles. The molecule has 0 saturated carbocycles.